The molecule has 0 amide bonds. The molecule has 0 unspecified atom stereocenters. The Morgan fingerprint density at radius 1 is 1.15 bits per heavy atom. The normalized spacial score (nSPS) is 11.6. The van der Waals surface area contributed by atoms with Gasteiger partial charge in [0.25, 0.3) is 0 Å². The summed E-state index contributed by atoms with van der Waals surface area (Å²) in [5.41, 5.74) is 1.68. The minimum atomic E-state index is -3.89. The molecule has 0 spiro atoms. The first-order chi connectivity index (χ1) is 12.3. The maximum absolute atomic E-state index is 12.8. The van der Waals surface area contributed by atoms with Crippen molar-refractivity contribution < 1.29 is 18.3 Å². The van der Waals surface area contributed by atoms with Crippen LogP contribution in [0.15, 0.2) is 53.6 Å². The van der Waals surface area contributed by atoms with Gasteiger partial charge in [-0.15, -0.1) is 0 Å². The molecule has 26 heavy (non-hydrogen) atoms. The zero-order valence-electron chi connectivity index (χ0n) is 14.4. The van der Waals surface area contributed by atoms with E-state index in [4.69, 9.17) is 0 Å². The van der Waals surface area contributed by atoms with Crippen LogP contribution in [-0.2, 0) is 16.6 Å². The van der Waals surface area contributed by atoms with Crippen LogP contribution in [-0.4, -0.2) is 24.5 Å². The Balaban J connectivity index is 1.96. The number of aromatic nitrogens is 1. The fourth-order valence-electron chi connectivity index (χ4n) is 2.79. The standard InChI is InChI=1S/C19H18N2O4S/c1-12-9-15(19(22)23)10-18(13(12)2)26(24,25)21-11-17-16-6-4-3-5-14(16)7-8-20-17/h3-10,21H,11H2,1-2H3,(H,22,23). The van der Waals surface area contributed by atoms with Crippen molar-refractivity contribution in [1.29, 1.82) is 0 Å². The second-order valence-corrected chi connectivity index (χ2v) is 7.76. The lowest BCUT2D eigenvalue weighted by molar-refractivity contribution is 0.0696. The molecule has 0 saturated heterocycles. The van der Waals surface area contributed by atoms with Crippen LogP contribution < -0.4 is 4.72 Å². The third kappa shape index (κ3) is 3.44. The Morgan fingerprint density at radius 2 is 1.88 bits per heavy atom. The summed E-state index contributed by atoms with van der Waals surface area (Å²) in [6, 6.07) is 12.1. The minimum absolute atomic E-state index is 0.0134. The van der Waals surface area contributed by atoms with Gasteiger partial charge >= 0.3 is 5.97 Å². The average molecular weight is 370 g/mol. The third-order valence-electron chi connectivity index (χ3n) is 4.34. The predicted octanol–water partition coefficient (Wildman–Crippen LogP) is 3.03. The highest BCUT2D eigenvalue weighted by Gasteiger charge is 2.21. The number of pyridine rings is 1. The summed E-state index contributed by atoms with van der Waals surface area (Å²) in [6.07, 6.45) is 1.63. The van der Waals surface area contributed by atoms with Crippen molar-refractivity contribution in [3.63, 3.8) is 0 Å². The molecule has 2 N–H and O–H groups in total. The van der Waals surface area contributed by atoms with Crippen LogP contribution in [0.4, 0.5) is 0 Å². The van der Waals surface area contributed by atoms with Crippen LogP contribution >= 0.6 is 0 Å². The molecule has 3 aromatic rings. The number of hydrogen-bond acceptors (Lipinski definition) is 4. The van der Waals surface area contributed by atoms with E-state index < -0.39 is 16.0 Å². The Hall–Kier alpha value is -2.77. The van der Waals surface area contributed by atoms with Crippen molar-refractivity contribution in [3.8, 4) is 0 Å². The van der Waals surface area contributed by atoms with Gasteiger partial charge in [0.05, 0.1) is 22.7 Å². The molecule has 1 aromatic heterocycles. The quantitative estimate of drug-likeness (QED) is 0.720. The molecule has 0 bridgehead atoms. The highest BCUT2D eigenvalue weighted by molar-refractivity contribution is 7.89. The van der Waals surface area contributed by atoms with Gasteiger partial charge in [-0.2, -0.15) is 0 Å². The monoisotopic (exact) mass is 370 g/mol. The molecule has 0 aliphatic carbocycles. The molecule has 134 valence electrons. The second kappa shape index (κ2) is 6.86. The molecule has 6 nitrogen and oxygen atoms in total. The first kappa shape index (κ1) is 18.0. The summed E-state index contributed by atoms with van der Waals surface area (Å²) in [6.45, 7) is 3.36. The largest absolute Gasteiger partial charge is 0.478 e. The van der Waals surface area contributed by atoms with Gasteiger partial charge in [0.2, 0.25) is 10.0 Å². The van der Waals surface area contributed by atoms with Crippen molar-refractivity contribution in [1.82, 2.24) is 9.71 Å². The van der Waals surface area contributed by atoms with Gasteiger partial charge in [0, 0.05) is 11.6 Å². The fourth-order valence-corrected chi connectivity index (χ4v) is 4.12. The molecule has 0 atom stereocenters. The van der Waals surface area contributed by atoms with E-state index >= 15 is 0 Å². The van der Waals surface area contributed by atoms with E-state index in [-0.39, 0.29) is 17.0 Å². The second-order valence-electron chi connectivity index (χ2n) is 6.02. The zero-order valence-corrected chi connectivity index (χ0v) is 15.2. The minimum Gasteiger partial charge on any atom is -0.478 e. The van der Waals surface area contributed by atoms with Crippen LogP contribution in [0.1, 0.15) is 27.2 Å². The highest BCUT2D eigenvalue weighted by Crippen LogP contribution is 2.22. The first-order valence-corrected chi connectivity index (χ1v) is 9.45. The van der Waals surface area contributed by atoms with Crippen molar-refractivity contribution >= 4 is 26.8 Å². The zero-order chi connectivity index (χ0) is 18.9. The van der Waals surface area contributed by atoms with E-state index in [0.717, 1.165) is 10.8 Å². The van der Waals surface area contributed by atoms with Crippen molar-refractivity contribution in [2.24, 2.45) is 0 Å². The van der Waals surface area contributed by atoms with E-state index in [1.54, 1.807) is 20.0 Å². The topological polar surface area (TPSA) is 96.4 Å². The Bertz CT molecular complexity index is 1100. The maximum atomic E-state index is 12.8. The molecule has 1 heterocycles. The summed E-state index contributed by atoms with van der Waals surface area (Å²) in [7, 11) is -3.89. The Morgan fingerprint density at radius 3 is 2.62 bits per heavy atom. The number of carboxylic acids is 1. The number of benzene rings is 2. The van der Waals surface area contributed by atoms with E-state index in [9.17, 15) is 18.3 Å². The summed E-state index contributed by atoms with van der Waals surface area (Å²) in [5.74, 6) is -1.17. The molecule has 0 aliphatic heterocycles. The number of nitrogens with one attached hydrogen (secondary N) is 1. The molecule has 0 fully saturated rings. The number of hydrogen-bond donors (Lipinski definition) is 2. The molecule has 0 saturated carbocycles. The Kier molecular flexibility index (Phi) is 4.76. The van der Waals surface area contributed by atoms with Gasteiger partial charge in [0.15, 0.2) is 0 Å². The molecule has 0 aliphatic rings. The number of aromatic carboxylic acids is 1. The summed E-state index contributed by atoms with van der Waals surface area (Å²) >= 11 is 0. The molecule has 7 heteroatoms. The van der Waals surface area contributed by atoms with Gasteiger partial charge in [-0.1, -0.05) is 24.3 Å². The summed E-state index contributed by atoms with van der Waals surface area (Å²) in [5, 5.41) is 11.0. The van der Waals surface area contributed by atoms with Crippen molar-refractivity contribution in [2.45, 2.75) is 25.3 Å². The lowest BCUT2D eigenvalue weighted by Gasteiger charge is -2.13. The smallest absolute Gasteiger partial charge is 0.335 e. The first-order valence-electron chi connectivity index (χ1n) is 7.96. The Labute approximate surface area is 151 Å². The highest BCUT2D eigenvalue weighted by atomic mass is 32.2. The summed E-state index contributed by atoms with van der Waals surface area (Å²) in [4.78, 5) is 15.5. The van der Waals surface area contributed by atoms with Crippen LogP contribution in [0.3, 0.4) is 0 Å². The third-order valence-corrected chi connectivity index (χ3v) is 5.87. The number of fused-ring (bicyclic) bond motifs is 1. The number of carboxylic acid groups (broad SMARTS) is 1. The van der Waals surface area contributed by atoms with Gasteiger partial charge in [0.1, 0.15) is 0 Å². The van der Waals surface area contributed by atoms with Gasteiger partial charge < -0.3 is 5.11 Å². The van der Waals surface area contributed by atoms with Crippen LogP contribution in [0.2, 0.25) is 0 Å². The SMILES string of the molecule is Cc1cc(C(=O)O)cc(S(=O)(=O)NCc2nccc3ccccc23)c1C. The molecule has 0 radical (unpaired) electrons. The van der Waals surface area contributed by atoms with E-state index in [2.05, 4.69) is 9.71 Å². The van der Waals surface area contributed by atoms with Crippen LogP contribution in [0.25, 0.3) is 10.8 Å². The van der Waals surface area contributed by atoms with Gasteiger partial charge in [-0.05, 0) is 48.6 Å². The number of nitrogens with zero attached hydrogens (tertiary/aromatic N) is 1. The molecule has 3 rings (SSSR count). The molecule has 2 aromatic carbocycles. The van der Waals surface area contributed by atoms with E-state index in [1.165, 1.54) is 12.1 Å². The lowest BCUT2D eigenvalue weighted by Crippen LogP contribution is -2.25. The fraction of sp³-hybridized carbons (Fsp3) is 0.158. The van der Waals surface area contributed by atoms with Crippen LogP contribution in [0.5, 0.6) is 0 Å². The summed E-state index contributed by atoms with van der Waals surface area (Å²) < 4.78 is 28.0. The lowest BCUT2D eigenvalue weighted by atomic mass is 10.1. The number of carbonyl (C=O) groups is 1. The maximum Gasteiger partial charge on any atom is 0.335 e. The predicted molar refractivity (Wildman–Crippen MR) is 98.6 cm³/mol. The molecular formula is C19H18N2O4S. The van der Waals surface area contributed by atoms with Crippen molar-refractivity contribution in [3.05, 3.63) is 71.0 Å². The van der Waals surface area contributed by atoms with Gasteiger partial charge in [-0.3, -0.25) is 4.98 Å². The molecular weight excluding hydrogens is 352 g/mol. The van der Waals surface area contributed by atoms with Gasteiger partial charge in [-0.25, -0.2) is 17.9 Å². The van der Waals surface area contributed by atoms with Crippen molar-refractivity contribution in [2.75, 3.05) is 0 Å². The van der Waals surface area contributed by atoms with E-state index in [0.29, 0.717) is 16.8 Å². The number of aryl methyl sites for hydroxylation is 1. The number of sulfonamides is 1. The average Bonchev–Trinajstić information content (AvgIpc) is 2.61. The number of rotatable bonds is 5. The van der Waals surface area contributed by atoms with E-state index in [1.807, 2.05) is 30.3 Å². The van der Waals surface area contributed by atoms with Crippen LogP contribution in [0, 0.1) is 13.8 Å².